The van der Waals surface area contributed by atoms with Crippen molar-refractivity contribution in [2.45, 2.75) is 0 Å². The number of para-hydroxylation sites is 2. The Bertz CT molecular complexity index is 1100. The summed E-state index contributed by atoms with van der Waals surface area (Å²) in [5.74, 6) is -0.594. The number of benzene rings is 2. The summed E-state index contributed by atoms with van der Waals surface area (Å²) >= 11 is 0. The number of halogens is 1. The smallest absolute Gasteiger partial charge is 0.278 e. The number of anilines is 3. The number of nitrogen functional groups attached to an aromatic ring is 1. The highest BCUT2D eigenvalue weighted by atomic mass is 19.1. The first kappa shape index (κ1) is 20.5. The maximum atomic E-state index is 14.4. The van der Waals surface area contributed by atoms with E-state index in [-0.39, 0.29) is 22.8 Å². The first-order valence-corrected chi connectivity index (χ1v) is 9.89. The van der Waals surface area contributed by atoms with Crippen molar-refractivity contribution in [3.05, 3.63) is 60.2 Å². The van der Waals surface area contributed by atoms with Gasteiger partial charge < -0.3 is 26.0 Å². The number of hydrogen-bond donors (Lipinski definition) is 3. The highest BCUT2D eigenvalue weighted by molar-refractivity contribution is 6.07. The minimum absolute atomic E-state index is 0.0378. The maximum absolute atomic E-state index is 14.4. The zero-order valence-electron chi connectivity index (χ0n) is 17.1. The van der Waals surface area contributed by atoms with Crippen LogP contribution in [0, 0.1) is 5.82 Å². The Morgan fingerprint density at radius 2 is 2.00 bits per heavy atom. The number of ether oxygens (including phenoxy) is 1. The Kier molecular flexibility index (Phi) is 5.94. The van der Waals surface area contributed by atoms with Crippen molar-refractivity contribution >= 4 is 23.1 Å². The van der Waals surface area contributed by atoms with E-state index in [1.807, 2.05) is 24.3 Å². The monoisotopic (exact) mass is 422 g/mol. The van der Waals surface area contributed by atoms with Crippen LogP contribution in [-0.2, 0) is 0 Å². The van der Waals surface area contributed by atoms with E-state index in [9.17, 15) is 9.18 Å². The van der Waals surface area contributed by atoms with Crippen LogP contribution < -0.4 is 26.0 Å². The fourth-order valence-electron chi connectivity index (χ4n) is 3.47. The fraction of sp³-hybridized carbons (Fsp3) is 0.227. The molecular formula is C22H23FN6O2. The number of rotatable bonds is 5. The number of amides is 1. The standard InChI is InChI=1S/C22H23FN6O2/c1-31-14-6-7-16(23)15(12-14)18-13-26-21(24)20(27-18)22(30)28-17-4-2-3-5-19(17)29-10-8-25-9-11-29/h2-7,12-13,25H,8-11H2,1H3,(H2,24,26)(H,28,30). The van der Waals surface area contributed by atoms with Gasteiger partial charge in [0.25, 0.3) is 5.91 Å². The number of methoxy groups -OCH3 is 1. The van der Waals surface area contributed by atoms with Crippen molar-refractivity contribution < 1.29 is 13.9 Å². The molecule has 1 aliphatic rings. The number of hydrogen-bond acceptors (Lipinski definition) is 7. The van der Waals surface area contributed by atoms with Gasteiger partial charge in [0.15, 0.2) is 11.5 Å². The third-order valence-electron chi connectivity index (χ3n) is 5.08. The Balaban J connectivity index is 1.64. The molecule has 0 aliphatic carbocycles. The van der Waals surface area contributed by atoms with Gasteiger partial charge in [0, 0.05) is 31.7 Å². The fourth-order valence-corrected chi connectivity index (χ4v) is 3.47. The molecule has 1 aromatic heterocycles. The minimum Gasteiger partial charge on any atom is -0.497 e. The molecule has 0 atom stereocenters. The predicted octanol–water partition coefficient (Wildman–Crippen LogP) is 2.54. The molecule has 0 spiro atoms. The second kappa shape index (κ2) is 8.97. The molecule has 2 heterocycles. The lowest BCUT2D eigenvalue weighted by molar-refractivity contribution is 0.102. The van der Waals surface area contributed by atoms with Crippen LogP contribution in [0.2, 0.25) is 0 Å². The molecule has 0 radical (unpaired) electrons. The molecule has 1 aliphatic heterocycles. The Morgan fingerprint density at radius 3 is 2.77 bits per heavy atom. The van der Waals surface area contributed by atoms with Gasteiger partial charge in [-0.3, -0.25) is 4.79 Å². The highest BCUT2D eigenvalue weighted by Gasteiger charge is 2.20. The van der Waals surface area contributed by atoms with Crippen molar-refractivity contribution in [2.75, 3.05) is 49.2 Å². The molecule has 8 nitrogen and oxygen atoms in total. The van der Waals surface area contributed by atoms with Crippen LogP contribution in [0.25, 0.3) is 11.3 Å². The van der Waals surface area contributed by atoms with Gasteiger partial charge in [-0.25, -0.2) is 14.4 Å². The number of nitrogens with one attached hydrogen (secondary N) is 2. The summed E-state index contributed by atoms with van der Waals surface area (Å²) in [7, 11) is 1.49. The van der Waals surface area contributed by atoms with Crippen molar-refractivity contribution in [3.63, 3.8) is 0 Å². The zero-order chi connectivity index (χ0) is 21.8. The predicted molar refractivity (Wildman–Crippen MR) is 118 cm³/mol. The van der Waals surface area contributed by atoms with Crippen LogP contribution in [0.15, 0.2) is 48.7 Å². The van der Waals surface area contributed by atoms with Gasteiger partial charge in [-0.05, 0) is 30.3 Å². The summed E-state index contributed by atoms with van der Waals surface area (Å²) in [6.07, 6.45) is 1.33. The minimum atomic E-state index is -0.516. The number of nitrogens with two attached hydrogens (primary N) is 1. The lowest BCUT2D eigenvalue weighted by atomic mass is 10.1. The molecule has 0 bridgehead atoms. The number of carbonyl (C=O) groups is 1. The molecule has 1 saturated heterocycles. The lowest BCUT2D eigenvalue weighted by Crippen LogP contribution is -2.43. The SMILES string of the molecule is COc1ccc(F)c(-c2cnc(N)c(C(=O)Nc3ccccc3N3CCNCC3)n2)c1. The molecule has 9 heteroatoms. The summed E-state index contributed by atoms with van der Waals surface area (Å²) < 4.78 is 19.5. The second-order valence-corrected chi connectivity index (χ2v) is 7.04. The van der Waals surface area contributed by atoms with Gasteiger partial charge in [-0.2, -0.15) is 0 Å². The van der Waals surface area contributed by atoms with Crippen molar-refractivity contribution in [1.29, 1.82) is 0 Å². The van der Waals surface area contributed by atoms with E-state index >= 15 is 0 Å². The normalized spacial score (nSPS) is 13.7. The number of piperazine rings is 1. The maximum Gasteiger partial charge on any atom is 0.278 e. The Labute approximate surface area is 179 Å². The van der Waals surface area contributed by atoms with Crippen LogP contribution in [0.5, 0.6) is 5.75 Å². The number of aromatic nitrogens is 2. The van der Waals surface area contributed by atoms with E-state index in [2.05, 4.69) is 25.5 Å². The third kappa shape index (κ3) is 4.41. The van der Waals surface area contributed by atoms with Gasteiger partial charge in [0.2, 0.25) is 0 Å². The van der Waals surface area contributed by atoms with Crippen LogP contribution in [-0.4, -0.2) is 49.2 Å². The van der Waals surface area contributed by atoms with Gasteiger partial charge in [-0.15, -0.1) is 0 Å². The van der Waals surface area contributed by atoms with E-state index in [0.717, 1.165) is 31.9 Å². The molecule has 4 rings (SSSR count). The second-order valence-electron chi connectivity index (χ2n) is 7.04. The van der Waals surface area contributed by atoms with Crippen LogP contribution in [0.1, 0.15) is 10.5 Å². The highest BCUT2D eigenvalue weighted by Crippen LogP contribution is 2.28. The van der Waals surface area contributed by atoms with Gasteiger partial charge in [0.1, 0.15) is 11.6 Å². The molecule has 160 valence electrons. The average Bonchev–Trinajstić information content (AvgIpc) is 2.81. The van der Waals surface area contributed by atoms with Gasteiger partial charge in [-0.1, -0.05) is 12.1 Å². The first-order chi connectivity index (χ1) is 15.1. The zero-order valence-corrected chi connectivity index (χ0v) is 17.1. The third-order valence-corrected chi connectivity index (χ3v) is 5.08. The van der Waals surface area contributed by atoms with E-state index in [1.54, 1.807) is 0 Å². The molecule has 4 N–H and O–H groups in total. The summed E-state index contributed by atoms with van der Waals surface area (Å²) in [5.41, 5.74) is 7.77. The number of carbonyl (C=O) groups excluding carboxylic acids is 1. The van der Waals surface area contributed by atoms with Crippen molar-refractivity contribution in [2.24, 2.45) is 0 Å². The molecule has 1 fully saturated rings. The van der Waals surface area contributed by atoms with Gasteiger partial charge >= 0.3 is 0 Å². The molecule has 0 unspecified atom stereocenters. The summed E-state index contributed by atoms with van der Waals surface area (Å²) in [5, 5.41) is 6.19. The summed E-state index contributed by atoms with van der Waals surface area (Å²) in [6.45, 7) is 3.41. The van der Waals surface area contributed by atoms with Crippen molar-refractivity contribution in [1.82, 2.24) is 15.3 Å². The van der Waals surface area contributed by atoms with E-state index in [4.69, 9.17) is 10.5 Å². The Hall–Kier alpha value is -3.72. The average molecular weight is 422 g/mol. The molecule has 31 heavy (non-hydrogen) atoms. The van der Waals surface area contributed by atoms with Crippen LogP contribution >= 0.6 is 0 Å². The van der Waals surface area contributed by atoms with E-state index in [1.165, 1.54) is 31.5 Å². The molecule has 3 aromatic rings. The molecular weight excluding hydrogens is 399 g/mol. The van der Waals surface area contributed by atoms with Gasteiger partial charge in [0.05, 0.1) is 30.4 Å². The topological polar surface area (TPSA) is 105 Å². The van der Waals surface area contributed by atoms with Crippen LogP contribution in [0.4, 0.5) is 21.6 Å². The molecule has 1 amide bonds. The first-order valence-electron chi connectivity index (χ1n) is 9.89. The lowest BCUT2D eigenvalue weighted by Gasteiger charge is -2.31. The van der Waals surface area contributed by atoms with Crippen LogP contribution in [0.3, 0.4) is 0 Å². The summed E-state index contributed by atoms with van der Waals surface area (Å²) in [6, 6.07) is 11.8. The number of nitrogens with zero attached hydrogens (tertiary/aromatic N) is 3. The summed E-state index contributed by atoms with van der Waals surface area (Å²) in [4.78, 5) is 23.6. The van der Waals surface area contributed by atoms with E-state index in [0.29, 0.717) is 11.4 Å². The molecule has 0 saturated carbocycles. The largest absolute Gasteiger partial charge is 0.497 e. The van der Waals surface area contributed by atoms with E-state index < -0.39 is 11.7 Å². The Morgan fingerprint density at radius 1 is 1.23 bits per heavy atom. The quantitative estimate of drug-likeness (QED) is 0.580. The van der Waals surface area contributed by atoms with Crippen molar-refractivity contribution in [3.8, 4) is 17.0 Å². The molecule has 2 aromatic carbocycles.